The standard InChI is InChI=1S/C10H6N2O/c11-12-10-8-4-2-1-3-7(8)5-6-9(10)13/h1-6H/i10+1. The van der Waals surface area contributed by atoms with E-state index >= 15 is 0 Å². The Kier molecular flexibility index (Phi) is 1.60. The van der Waals surface area contributed by atoms with E-state index in [-0.39, 0.29) is 11.4 Å². The molecule has 0 spiro atoms. The highest BCUT2D eigenvalue weighted by molar-refractivity contribution is 5.96. The van der Waals surface area contributed by atoms with Crippen molar-refractivity contribution in [1.29, 1.82) is 5.39 Å². The maximum absolute atomic E-state index is 11.2. The number of benzene rings is 2. The van der Waals surface area contributed by atoms with Crippen molar-refractivity contribution < 1.29 is 5.11 Å². The van der Waals surface area contributed by atoms with Gasteiger partial charge in [0.25, 0.3) is 0 Å². The summed E-state index contributed by atoms with van der Waals surface area (Å²) in [6.45, 7) is 0. The summed E-state index contributed by atoms with van der Waals surface area (Å²) in [5.41, 5.74) is 0.109. The summed E-state index contributed by atoms with van der Waals surface area (Å²) in [6, 6.07) is 10.4. The predicted octanol–water partition coefficient (Wildman–Crippen LogP) is 2.40. The van der Waals surface area contributed by atoms with Crippen molar-refractivity contribution in [2.75, 3.05) is 0 Å². The monoisotopic (exact) mass is 171 g/mol. The van der Waals surface area contributed by atoms with Crippen LogP contribution in [0.25, 0.3) is 15.7 Å². The minimum absolute atomic E-state index is 0.109. The Morgan fingerprint density at radius 2 is 1.85 bits per heavy atom. The topological polar surface area (TPSA) is 51.2 Å². The number of diazo groups is 1. The van der Waals surface area contributed by atoms with Crippen molar-refractivity contribution in [3.05, 3.63) is 41.4 Å². The second kappa shape index (κ2) is 2.76. The van der Waals surface area contributed by atoms with Crippen molar-refractivity contribution in [3.8, 4) is 5.75 Å². The summed E-state index contributed by atoms with van der Waals surface area (Å²) in [4.78, 5) is 2.99. The van der Waals surface area contributed by atoms with E-state index < -0.39 is 0 Å². The van der Waals surface area contributed by atoms with Crippen LogP contribution in [0.5, 0.6) is 5.75 Å². The van der Waals surface area contributed by atoms with Crippen molar-refractivity contribution in [1.82, 2.24) is 0 Å². The third-order valence-electron chi connectivity index (χ3n) is 1.96. The minimum Gasteiger partial charge on any atom is -0.867 e. The quantitative estimate of drug-likeness (QED) is 0.571. The number of fused-ring (bicyclic) bond motifs is 1. The second-order valence-electron chi connectivity index (χ2n) is 2.73. The smallest absolute Gasteiger partial charge is 0.385 e. The van der Waals surface area contributed by atoms with E-state index in [0.717, 1.165) is 5.39 Å². The van der Waals surface area contributed by atoms with E-state index in [0.29, 0.717) is 5.39 Å². The summed E-state index contributed by atoms with van der Waals surface area (Å²) in [5, 5.41) is 21.4. The van der Waals surface area contributed by atoms with E-state index in [9.17, 15) is 5.11 Å². The van der Waals surface area contributed by atoms with Gasteiger partial charge in [-0.1, -0.05) is 30.3 Å². The number of rotatable bonds is 0. The van der Waals surface area contributed by atoms with Crippen LogP contribution in [0.3, 0.4) is 0 Å². The summed E-state index contributed by atoms with van der Waals surface area (Å²) < 4.78 is 0. The largest absolute Gasteiger partial charge is 0.867 e. The SMILES string of the molecule is N#[N+][13c]1c([O-])ccc2ccccc21. The van der Waals surface area contributed by atoms with Gasteiger partial charge in [-0.05, 0) is 17.2 Å². The molecule has 2 aromatic carbocycles. The van der Waals surface area contributed by atoms with E-state index in [1.807, 2.05) is 12.1 Å². The molecular weight excluding hydrogens is 165 g/mol. The van der Waals surface area contributed by atoms with Gasteiger partial charge in [0.2, 0.25) is 5.39 Å². The predicted molar refractivity (Wildman–Crippen MR) is 48.1 cm³/mol. The lowest BCUT2D eigenvalue weighted by Crippen LogP contribution is -1.89. The second-order valence-corrected chi connectivity index (χ2v) is 2.73. The van der Waals surface area contributed by atoms with Crippen LogP contribution in [0.2, 0.25) is 0 Å². The zero-order valence-electron chi connectivity index (χ0n) is 6.77. The molecule has 0 heterocycles. The molecule has 13 heavy (non-hydrogen) atoms. The number of hydrogen-bond donors (Lipinski definition) is 0. The van der Waals surface area contributed by atoms with Gasteiger partial charge in [0, 0.05) is 0 Å². The Morgan fingerprint density at radius 3 is 2.62 bits per heavy atom. The van der Waals surface area contributed by atoms with Gasteiger partial charge in [0.05, 0.1) is 5.39 Å². The van der Waals surface area contributed by atoms with E-state index in [2.05, 4.69) is 4.98 Å². The molecule has 0 radical (unpaired) electrons. The van der Waals surface area contributed by atoms with Crippen molar-refractivity contribution in [3.63, 3.8) is 0 Å². The Bertz CT molecular complexity index is 500. The summed E-state index contributed by atoms with van der Waals surface area (Å²) in [6.07, 6.45) is 0. The fourth-order valence-electron chi connectivity index (χ4n) is 1.34. The highest BCUT2D eigenvalue weighted by Gasteiger charge is 2.11. The van der Waals surface area contributed by atoms with Crippen LogP contribution in [-0.4, -0.2) is 0 Å². The minimum atomic E-state index is -0.263. The zero-order chi connectivity index (χ0) is 9.26. The Morgan fingerprint density at radius 1 is 1.08 bits per heavy atom. The van der Waals surface area contributed by atoms with E-state index in [1.54, 1.807) is 18.2 Å². The third kappa shape index (κ3) is 1.09. The molecule has 62 valence electrons. The molecule has 0 atom stereocenters. The van der Waals surface area contributed by atoms with Crippen molar-refractivity contribution in [2.45, 2.75) is 0 Å². The molecule has 0 aliphatic heterocycles. The van der Waals surface area contributed by atoms with Gasteiger partial charge in [-0.15, -0.1) is 0 Å². The van der Waals surface area contributed by atoms with Gasteiger partial charge >= 0.3 is 5.69 Å². The Labute approximate surface area is 74.9 Å². The van der Waals surface area contributed by atoms with Gasteiger partial charge in [-0.25, -0.2) is 0 Å². The molecule has 0 aromatic heterocycles. The van der Waals surface area contributed by atoms with E-state index in [1.165, 1.54) is 6.07 Å². The van der Waals surface area contributed by atoms with Crippen molar-refractivity contribution >= 4 is 16.5 Å². The number of hydrogen-bond acceptors (Lipinski definition) is 2. The summed E-state index contributed by atoms with van der Waals surface area (Å²) in [7, 11) is 0. The molecule has 2 rings (SSSR count). The fraction of sp³-hybridized carbons (Fsp3) is 0. The van der Waals surface area contributed by atoms with Gasteiger partial charge in [0.15, 0.2) is 4.98 Å². The molecule has 0 fully saturated rings. The molecule has 3 heteroatoms. The molecule has 0 aliphatic carbocycles. The molecule has 3 nitrogen and oxygen atoms in total. The Balaban J connectivity index is 2.94. The van der Waals surface area contributed by atoms with Crippen LogP contribution in [0.15, 0.2) is 36.4 Å². The molecule has 0 aliphatic rings. The normalized spacial score (nSPS) is 9.77. The molecule has 0 N–H and O–H groups in total. The van der Waals surface area contributed by atoms with Crippen molar-refractivity contribution in [2.24, 2.45) is 0 Å². The average molecular weight is 171 g/mol. The fourth-order valence-corrected chi connectivity index (χ4v) is 1.34. The van der Waals surface area contributed by atoms with Crippen LogP contribution >= 0.6 is 0 Å². The van der Waals surface area contributed by atoms with Gasteiger partial charge in [0.1, 0.15) is 0 Å². The first-order valence-corrected chi connectivity index (χ1v) is 3.87. The molecular formula is C10H6N2O. The maximum Gasteiger partial charge on any atom is 0.385 e. The van der Waals surface area contributed by atoms with Gasteiger partial charge in [-0.2, -0.15) is 0 Å². The molecule has 2 aromatic rings. The molecule has 0 saturated heterocycles. The van der Waals surface area contributed by atoms with Crippen LogP contribution < -0.4 is 5.11 Å². The van der Waals surface area contributed by atoms with E-state index in [4.69, 9.17) is 5.39 Å². The highest BCUT2D eigenvalue weighted by Crippen LogP contribution is 2.32. The lowest BCUT2D eigenvalue weighted by molar-refractivity contribution is -0.266. The summed E-state index contributed by atoms with van der Waals surface area (Å²) >= 11 is 0. The van der Waals surface area contributed by atoms with Crippen LogP contribution in [0.4, 0.5) is 5.69 Å². The Hall–Kier alpha value is -2.08. The first-order valence-electron chi connectivity index (χ1n) is 3.87. The molecule has 0 saturated carbocycles. The average Bonchev–Trinajstić information content (AvgIpc) is 2.18. The van der Waals surface area contributed by atoms with Crippen LogP contribution in [0.1, 0.15) is 0 Å². The first kappa shape index (κ1) is 7.56. The lowest BCUT2D eigenvalue weighted by Gasteiger charge is -2.01. The zero-order valence-corrected chi connectivity index (χ0v) is 6.77. The summed E-state index contributed by atoms with van der Waals surface area (Å²) in [5.74, 6) is -0.263. The van der Waals surface area contributed by atoms with Gasteiger partial charge < -0.3 is 5.11 Å². The van der Waals surface area contributed by atoms with Gasteiger partial charge in [-0.3, -0.25) is 0 Å². The molecule has 0 unspecified atom stereocenters. The lowest BCUT2D eigenvalue weighted by atomic mass is 10.2. The third-order valence-corrected chi connectivity index (χ3v) is 1.96. The first-order chi connectivity index (χ1) is 6.33. The highest BCUT2D eigenvalue weighted by atomic mass is 16.3. The number of nitrogens with zero attached hydrogens (tertiary/aromatic N) is 2. The van der Waals surface area contributed by atoms with Crippen LogP contribution in [0, 0.1) is 5.39 Å². The maximum atomic E-state index is 11.2. The molecule has 0 amide bonds. The van der Waals surface area contributed by atoms with Crippen LogP contribution in [-0.2, 0) is 0 Å². The molecule has 0 bridgehead atoms.